The smallest absolute Gasteiger partial charge is 0.324 e. The van der Waals surface area contributed by atoms with E-state index in [2.05, 4.69) is 0 Å². The second kappa shape index (κ2) is 6.28. The van der Waals surface area contributed by atoms with E-state index in [-0.39, 0.29) is 36.2 Å². The Bertz CT molecular complexity index is 400. The number of hydrogen-bond acceptors (Lipinski definition) is 6. The summed E-state index contributed by atoms with van der Waals surface area (Å²) < 4.78 is 0. The Hall–Kier alpha value is -1.51. The highest BCUT2D eigenvalue weighted by Crippen LogP contribution is 2.24. The number of thiophene rings is 1. The summed E-state index contributed by atoms with van der Waals surface area (Å²) in [7, 11) is 0. The van der Waals surface area contributed by atoms with Gasteiger partial charge in [-0.15, -0.1) is 0 Å². The molecule has 0 atom stereocenters. The normalized spacial score (nSPS) is 10.2. The van der Waals surface area contributed by atoms with Crippen molar-refractivity contribution in [3.05, 3.63) is 27.1 Å². The van der Waals surface area contributed by atoms with Crippen molar-refractivity contribution < 1.29 is 19.9 Å². The van der Waals surface area contributed by atoms with Crippen LogP contribution in [-0.2, 0) is 0 Å². The molecule has 94 valence electrons. The second-order valence-corrected chi connectivity index (χ2v) is 4.20. The lowest BCUT2D eigenvalue weighted by atomic mass is 10.3. The van der Waals surface area contributed by atoms with Crippen molar-refractivity contribution >= 4 is 22.2 Å². The van der Waals surface area contributed by atoms with Crippen LogP contribution in [0.1, 0.15) is 9.67 Å². The van der Waals surface area contributed by atoms with Crippen LogP contribution in [0.2, 0.25) is 0 Å². The quantitative estimate of drug-likeness (QED) is 0.557. The summed E-state index contributed by atoms with van der Waals surface area (Å²) in [6, 6.07) is 2.63. The van der Waals surface area contributed by atoms with Gasteiger partial charge in [-0.2, -0.15) is 0 Å². The van der Waals surface area contributed by atoms with E-state index >= 15 is 0 Å². The van der Waals surface area contributed by atoms with Gasteiger partial charge in [0.05, 0.1) is 23.0 Å². The van der Waals surface area contributed by atoms with Crippen molar-refractivity contribution in [1.29, 1.82) is 0 Å². The summed E-state index contributed by atoms with van der Waals surface area (Å²) >= 11 is 0.776. The molecule has 0 aliphatic carbocycles. The molecule has 1 aromatic heterocycles. The van der Waals surface area contributed by atoms with Gasteiger partial charge in [-0.1, -0.05) is 11.3 Å². The minimum atomic E-state index is -0.566. The van der Waals surface area contributed by atoms with Crippen LogP contribution >= 0.6 is 11.3 Å². The third kappa shape index (κ3) is 3.48. The molecule has 1 aromatic rings. The Labute approximate surface area is 101 Å². The molecule has 1 rings (SSSR count). The molecule has 8 heteroatoms. The fourth-order valence-corrected chi connectivity index (χ4v) is 2.04. The number of nitrogens with zero attached hydrogens (tertiary/aromatic N) is 2. The van der Waals surface area contributed by atoms with Gasteiger partial charge in [0.1, 0.15) is 0 Å². The molecule has 0 aromatic carbocycles. The SMILES string of the molecule is O=C(c1ccc([N+](=O)[O-])s1)N(CCO)CCO. The number of aliphatic hydroxyl groups excluding tert-OH is 2. The van der Waals surface area contributed by atoms with Gasteiger partial charge >= 0.3 is 5.00 Å². The molecule has 1 heterocycles. The third-order valence-corrected chi connectivity index (χ3v) is 3.03. The van der Waals surface area contributed by atoms with Crippen molar-refractivity contribution in [2.45, 2.75) is 0 Å². The summed E-state index contributed by atoms with van der Waals surface area (Å²) in [6.07, 6.45) is 0. The van der Waals surface area contributed by atoms with E-state index in [9.17, 15) is 14.9 Å². The number of nitro groups is 1. The number of amides is 1. The molecule has 0 radical (unpaired) electrons. The van der Waals surface area contributed by atoms with Crippen LogP contribution in [0.25, 0.3) is 0 Å². The van der Waals surface area contributed by atoms with Gasteiger partial charge in [0.15, 0.2) is 0 Å². The number of rotatable bonds is 6. The Balaban J connectivity index is 2.81. The van der Waals surface area contributed by atoms with Gasteiger partial charge < -0.3 is 15.1 Å². The average Bonchev–Trinajstić information content (AvgIpc) is 2.77. The van der Waals surface area contributed by atoms with E-state index in [1.165, 1.54) is 17.0 Å². The first-order valence-electron chi connectivity index (χ1n) is 4.85. The predicted octanol–water partition coefficient (Wildman–Crippen LogP) is 0.0831. The summed E-state index contributed by atoms with van der Waals surface area (Å²) in [4.78, 5) is 23.2. The fourth-order valence-electron chi connectivity index (χ4n) is 1.25. The maximum absolute atomic E-state index is 11.9. The van der Waals surface area contributed by atoms with E-state index in [0.717, 1.165) is 11.3 Å². The Morgan fingerprint density at radius 3 is 2.35 bits per heavy atom. The molecule has 17 heavy (non-hydrogen) atoms. The maximum Gasteiger partial charge on any atom is 0.324 e. The minimum Gasteiger partial charge on any atom is -0.395 e. The van der Waals surface area contributed by atoms with Crippen LogP contribution in [0.4, 0.5) is 5.00 Å². The molecule has 0 bridgehead atoms. The standard InChI is InChI=1S/C9H12N2O5S/c12-5-3-10(4-6-13)9(14)7-1-2-8(17-7)11(15)16/h1-2,12-13H,3-6H2. The highest BCUT2D eigenvalue weighted by molar-refractivity contribution is 7.17. The monoisotopic (exact) mass is 260 g/mol. The van der Waals surface area contributed by atoms with Crippen LogP contribution in [0, 0.1) is 10.1 Å². The largest absolute Gasteiger partial charge is 0.395 e. The van der Waals surface area contributed by atoms with Gasteiger partial charge in [0.2, 0.25) is 0 Å². The van der Waals surface area contributed by atoms with Crippen LogP contribution in [0.3, 0.4) is 0 Å². The van der Waals surface area contributed by atoms with Gasteiger partial charge in [0, 0.05) is 19.2 Å². The van der Waals surface area contributed by atoms with Crippen molar-refractivity contribution in [2.24, 2.45) is 0 Å². The zero-order valence-electron chi connectivity index (χ0n) is 8.90. The van der Waals surface area contributed by atoms with Crippen LogP contribution < -0.4 is 0 Å². The second-order valence-electron chi connectivity index (χ2n) is 3.13. The lowest BCUT2D eigenvalue weighted by Crippen LogP contribution is -2.35. The summed E-state index contributed by atoms with van der Waals surface area (Å²) in [5.41, 5.74) is 0. The van der Waals surface area contributed by atoms with E-state index in [0.29, 0.717) is 0 Å². The first-order valence-corrected chi connectivity index (χ1v) is 5.67. The van der Waals surface area contributed by atoms with Gasteiger partial charge in [-0.25, -0.2) is 0 Å². The van der Waals surface area contributed by atoms with Crippen molar-refractivity contribution in [3.8, 4) is 0 Å². The molecular formula is C9H12N2O5S. The van der Waals surface area contributed by atoms with Gasteiger partial charge in [0.25, 0.3) is 5.91 Å². The van der Waals surface area contributed by atoms with Gasteiger partial charge in [-0.05, 0) is 6.07 Å². The van der Waals surface area contributed by atoms with Crippen molar-refractivity contribution in [3.63, 3.8) is 0 Å². The van der Waals surface area contributed by atoms with Crippen LogP contribution in [-0.4, -0.2) is 52.2 Å². The topological polar surface area (TPSA) is 104 Å². The predicted molar refractivity (Wildman–Crippen MR) is 61.0 cm³/mol. The molecule has 0 spiro atoms. The van der Waals surface area contributed by atoms with Crippen LogP contribution in [0.5, 0.6) is 0 Å². The molecule has 1 amide bonds. The molecule has 0 unspecified atom stereocenters. The Kier molecular flexibility index (Phi) is 5.01. The Morgan fingerprint density at radius 2 is 1.94 bits per heavy atom. The highest BCUT2D eigenvalue weighted by atomic mass is 32.1. The first-order chi connectivity index (χ1) is 8.10. The molecule has 2 N–H and O–H groups in total. The molecule has 7 nitrogen and oxygen atoms in total. The number of carbonyl (C=O) groups is 1. The summed E-state index contributed by atoms with van der Waals surface area (Å²) in [5, 5.41) is 27.9. The third-order valence-electron chi connectivity index (χ3n) is 2.01. The molecule has 0 aliphatic heterocycles. The first kappa shape index (κ1) is 13.6. The zero-order chi connectivity index (χ0) is 12.8. The number of aliphatic hydroxyl groups is 2. The molecular weight excluding hydrogens is 248 g/mol. The maximum atomic E-state index is 11.9. The summed E-state index contributed by atoms with van der Waals surface area (Å²) in [6.45, 7) is -0.269. The van der Waals surface area contributed by atoms with Crippen molar-refractivity contribution in [1.82, 2.24) is 4.90 Å². The Morgan fingerprint density at radius 1 is 1.35 bits per heavy atom. The molecule has 0 aliphatic rings. The van der Waals surface area contributed by atoms with Gasteiger partial charge in [-0.3, -0.25) is 14.9 Å². The van der Waals surface area contributed by atoms with Crippen LogP contribution in [0.15, 0.2) is 12.1 Å². The van der Waals surface area contributed by atoms with E-state index in [1.54, 1.807) is 0 Å². The van der Waals surface area contributed by atoms with Crippen molar-refractivity contribution in [2.75, 3.05) is 26.3 Å². The molecule has 0 fully saturated rings. The number of carbonyl (C=O) groups excluding carboxylic acids is 1. The zero-order valence-corrected chi connectivity index (χ0v) is 9.72. The lowest BCUT2D eigenvalue weighted by molar-refractivity contribution is -0.380. The lowest BCUT2D eigenvalue weighted by Gasteiger charge is -2.19. The summed E-state index contributed by atoms with van der Waals surface area (Å²) in [5.74, 6) is -0.425. The molecule has 0 saturated heterocycles. The van der Waals surface area contributed by atoms with E-state index in [4.69, 9.17) is 10.2 Å². The van der Waals surface area contributed by atoms with E-state index < -0.39 is 10.8 Å². The minimum absolute atomic E-state index is 0.0884. The average molecular weight is 260 g/mol. The molecule has 0 saturated carbocycles. The highest BCUT2D eigenvalue weighted by Gasteiger charge is 2.20. The number of hydrogen-bond donors (Lipinski definition) is 2. The van der Waals surface area contributed by atoms with E-state index in [1.807, 2.05) is 0 Å². The fraction of sp³-hybridized carbons (Fsp3) is 0.444.